The molecule has 88 valence electrons. The van der Waals surface area contributed by atoms with Crippen LogP contribution in [0.4, 0.5) is 8.78 Å². The summed E-state index contributed by atoms with van der Waals surface area (Å²) in [6.45, 7) is 2.23. The van der Waals surface area contributed by atoms with Crippen molar-refractivity contribution in [3.63, 3.8) is 0 Å². The molecule has 1 aliphatic rings. The summed E-state index contributed by atoms with van der Waals surface area (Å²) < 4.78 is 28.7. The van der Waals surface area contributed by atoms with E-state index in [1.807, 2.05) is 4.68 Å². The van der Waals surface area contributed by atoms with Crippen LogP contribution >= 0.6 is 0 Å². The number of halogens is 2. The van der Waals surface area contributed by atoms with Crippen LogP contribution in [0.1, 0.15) is 5.69 Å². The standard InChI is InChI=1S/C12H11F2N3/c13-10-3-1-2-8(12(10)14)9-6-16-17-5-4-15-7-11(9)17/h1-3,6,15H,4-5,7H2. The second-order valence-electron chi connectivity index (χ2n) is 4.01. The molecule has 3 nitrogen and oxygen atoms in total. The predicted molar refractivity (Wildman–Crippen MR) is 59.3 cm³/mol. The van der Waals surface area contributed by atoms with Gasteiger partial charge in [0.2, 0.25) is 0 Å². The maximum Gasteiger partial charge on any atom is 0.166 e. The van der Waals surface area contributed by atoms with Crippen LogP contribution in [-0.2, 0) is 13.1 Å². The molecular weight excluding hydrogens is 224 g/mol. The Kier molecular flexibility index (Phi) is 2.40. The first-order valence-corrected chi connectivity index (χ1v) is 5.47. The Balaban J connectivity index is 2.15. The lowest BCUT2D eigenvalue weighted by atomic mass is 10.0. The Morgan fingerprint density at radius 1 is 1.24 bits per heavy atom. The average molecular weight is 235 g/mol. The summed E-state index contributed by atoms with van der Waals surface area (Å²) in [5.74, 6) is -1.64. The summed E-state index contributed by atoms with van der Waals surface area (Å²) in [4.78, 5) is 0. The number of hydrogen-bond acceptors (Lipinski definition) is 2. The van der Waals surface area contributed by atoms with Crippen LogP contribution in [0.15, 0.2) is 24.4 Å². The van der Waals surface area contributed by atoms with Gasteiger partial charge in [-0.15, -0.1) is 0 Å². The van der Waals surface area contributed by atoms with Gasteiger partial charge in [-0.1, -0.05) is 12.1 Å². The van der Waals surface area contributed by atoms with E-state index in [-0.39, 0.29) is 5.56 Å². The summed E-state index contributed by atoms with van der Waals surface area (Å²) in [6.07, 6.45) is 1.60. The van der Waals surface area contributed by atoms with Crippen LogP contribution in [0.3, 0.4) is 0 Å². The van der Waals surface area contributed by atoms with Crippen molar-refractivity contribution in [2.24, 2.45) is 0 Å². The third-order valence-corrected chi connectivity index (χ3v) is 2.98. The molecule has 0 saturated heterocycles. The zero-order chi connectivity index (χ0) is 11.8. The van der Waals surface area contributed by atoms with Gasteiger partial charge in [0.25, 0.3) is 0 Å². The monoisotopic (exact) mass is 235 g/mol. The first-order valence-electron chi connectivity index (χ1n) is 5.47. The zero-order valence-electron chi connectivity index (χ0n) is 9.08. The molecule has 3 rings (SSSR count). The minimum atomic E-state index is -0.828. The molecule has 1 aliphatic heterocycles. The summed E-state index contributed by atoms with van der Waals surface area (Å²) in [6, 6.07) is 4.20. The molecule has 17 heavy (non-hydrogen) atoms. The van der Waals surface area contributed by atoms with Crippen molar-refractivity contribution in [1.82, 2.24) is 15.1 Å². The SMILES string of the molecule is Fc1cccc(-c2cnn3c2CNCC3)c1F. The molecule has 2 heterocycles. The van der Waals surface area contributed by atoms with E-state index in [1.165, 1.54) is 6.07 Å². The summed E-state index contributed by atoms with van der Waals surface area (Å²) in [5.41, 5.74) is 1.84. The highest BCUT2D eigenvalue weighted by Gasteiger charge is 2.19. The molecule has 0 atom stereocenters. The normalized spacial score (nSPS) is 14.7. The van der Waals surface area contributed by atoms with Gasteiger partial charge in [0, 0.05) is 24.2 Å². The van der Waals surface area contributed by atoms with Crippen LogP contribution in [0.5, 0.6) is 0 Å². The molecule has 0 radical (unpaired) electrons. The van der Waals surface area contributed by atoms with E-state index >= 15 is 0 Å². The molecule has 1 N–H and O–H groups in total. The number of hydrogen-bond donors (Lipinski definition) is 1. The Labute approximate surface area is 97.1 Å². The molecule has 0 saturated carbocycles. The Morgan fingerprint density at radius 3 is 3.00 bits per heavy atom. The molecule has 0 bridgehead atoms. The highest BCUT2D eigenvalue weighted by atomic mass is 19.2. The van der Waals surface area contributed by atoms with Gasteiger partial charge in [-0.05, 0) is 6.07 Å². The molecule has 0 fully saturated rings. The molecule has 1 aromatic heterocycles. The third-order valence-electron chi connectivity index (χ3n) is 2.98. The lowest BCUT2D eigenvalue weighted by molar-refractivity contribution is 0.475. The molecular formula is C12H11F2N3. The molecule has 0 amide bonds. The second-order valence-corrected chi connectivity index (χ2v) is 4.01. The fraction of sp³-hybridized carbons (Fsp3) is 0.250. The molecule has 0 aliphatic carbocycles. The van der Waals surface area contributed by atoms with Crippen molar-refractivity contribution >= 4 is 0 Å². The number of nitrogens with zero attached hydrogens (tertiary/aromatic N) is 2. The summed E-state index contributed by atoms with van der Waals surface area (Å²) in [7, 11) is 0. The van der Waals surface area contributed by atoms with Crippen LogP contribution < -0.4 is 5.32 Å². The van der Waals surface area contributed by atoms with Gasteiger partial charge < -0.3 is 5.32 Å². The minimum absolute atomic E-state index is 0.273. The van der Waals surface area contributed by atoms with Crippen molar-refractivity contribution in [2.75, 3.05) is 6.54 Å². The lowest BCUT2D eigenvalue weighted by Crippen LogP contribution is -2.28. The molecule has 5 heteroatoms. The number of rotatable bonds is 1. The quantitative estimate of drug-likeness (QED) is 0.818. The van der Waals surface area contributed by atoms with Crippen molar-refractivity contribution in [1.29, 1.82) is 0 Å². The van der Waals surface area contributed by atoms with Crippen molar-refractivity contribution in [3.05, 3.63) is 41.7 Å². The van der Waals surface area contributed by atoms with Gasteiger partial charge in [0.15, 0.2) is 11.6 Å². The number of aromatic nitrogens is 2. The van der Waals surface area contributed by atoms with Gasteiger partial charge in [0.1, 0.15) is 0 Å². The van der Waals surface area contributed by atoms with Crippen molar-refractivity contribution < 1.29 is 8.78 Å². The van der Waals surface area contributed by atoms with Gasteiger partial charge >= 0.3 is 0 Å². The first-order chi connectivity index (χ1) is 8.27. The van der Waals surface area contributed by atoms with Crippen molar-refractivity contribution in [3.8, 4) is 11.1 Å². The van der Waals surface area contributed by atoms with E-state index in [9.17, 15) is 8.78 Å². The first kappa shape index (κ1) is 10.4. The van der Waals surface area contributed by atoms with E-state index in [0.717, 1.165) is 24.8 Å². The van der Waals surface area contributed by atoms with E-state index < -0.39 is 11.6 Å². The van der Waals surface area contributed by atoms with E-state index in [4.69, 9.17) is 0 Å². The predicted octanol–water partition coefficient (Wildman–Crippen LogP) is 1.93. The van der Waals surface area contributed by atoms with Crippen LogP contribution in [0.2, 0.25) is 0 Å². The number of fused-ring (bicyclic) bond motifs is 1. The second kappa shape index (κ2) is 3.92. The smallest absolute Gasteiger partial charge is 0.166 e. The largest absolute Gasteiger partial charge is 0.309 e. The van der Waals surface area contributed by atoms with Gasteiger partial charge in [0.05, 0.1) is 18.4 Å². The topological polar surface area (TPSA) is 29.9 Å². The number of benzene rings is 1. The van der Waals surface area contributed by atoms with E-state index in [0.29, 0.717) is 12.1 Å². The van der Waals surface area contributed by atoms with Gasteiger partial charge in [-0.25, -0.2) is 8.78 Å². The average Bonchev–Trinajstić information content (AvgIpc) is 2.77. The zero-order valence-corrected chi connectivity index (χ0v) is 9.08. The summed E-state index contributed by atoms with van der Waals surface area (Å²) in [5, 5.41) is 7.39. The van der Waals surface area contributed by atoms with Crippen molar-refractivity contribution in [2.45, 2.75) is 13.1 Å². The Morgan fingerprint density at radius 2 is 2.12 bits per heavy atom. The van der Waals surface area contributed by atoms with Crippen LogP contribution in [0, 0.1) is 11.6 Å². The maximum absolute atomic E-state index is 13.7. The van der Waals surface area contributed by atoms with Gasteiger partial charge in [-0.3, -0.25) is 4.68 Å². The summed E-state index contributed by atoms with van der Waals surface area (Å²) >= 11 is 0. The van der Waals surface area contributed by atoms with Crippen LogP contribution in [-0.4, -0.2) is 16.3 Å². The lowest BCUT2D eigenvalue weighted by Gasteiger charge is -2.16. The Hall–Kier alpha value is -1.75. The maximum atomic E-state index is 13.7. The fourth-order valence-electron chi connectivity index (χ4n) is 2.12. The number of nitrogens with one attached hydrogen (secondary N) is 1. The molecule has 0 unspecified atom stereocenters. The van der Waals surface area contributed by atoms with Gasteiger partial charge in [-0.2, -0.15) is 5.10 Å². The minimum Gasteiger partial charge on any atom is -0.309 e. The molecule has 1 aromatic carbocycles. The van der Waals surface area contributed by atoms with Crippen LogP contribution in [0.25, 0.3) is 11.1 Å². The Bertz CT molecular complexity index is 563. The highest BCUT2D eigenvalue weighted by molar-refractivity contribution is 5.66. The fourth-order valence-corrected chi connectivity index (χ4v) is 2.12. The molecule has 2 aromatic rings. The van der Waals surface area contributed by atoms with E-state index in [2.05, 4.69) is 10.4 Å². The molecule has 0 spiro atoms. The highest BCUT2D eigenvalue weighted by Crippen LogP contribution is 2.28. The third kappa shape index (κ3) is 1.63. The van der Waals surface area contributed by atoms with E-state index in [1.54, 1.807) is 12.3 Å².